The molecule has 0 aromatic carbocycles. The standard InChI is InChI=1S/C15H27N3/c1-4-18-13(7-10-17-18)14(16)15(11-12(2)3)8-5-6-9-15/h7,10,12,14H,4-6,8-9,11,16H2,1-3H3. The maximum Gasteiger partial charge on any atom is 0.0556 e. The van der Waals surface area contributed by atoms with Crippen molar-refractivity contribution in [3.63, 3.8) is 0 Å². The fourth-order valence-corrected chi connectivity index (χ4v) is 3.72. The number of nitrogens with two attached hydrogens (primary N) is 1. The molecule has 0 saturated heterocycles. The highest BCUT2D eigenvalue weighted by atomic mass is 15.3. The third-order valence-corrected chi connectivity index (χ3v) is 4.44. The molecule has 2 rings (SSSR count). The van der Waals surface area contributed by atoms with Crippen LogP contribution in [0.25, 0.3) is 0 Å². The first kappa shape index (κ1) is 13.6. The largest absolute Gasteiger partial charge is 0.322 e. The summed E-state index contributed by atoms with van der Waals surface area (Å²) in [5, 5.41) is 4.37. The number of aryl methyl sites for hydroxylation is 1. The molecule has 102 valence electrons. The lowest BCUT2D eigenvalue weighted by molar-refractivity contribution is 0.177. The molecule has 1 heterocycles. The topological polar surface area (TPSA) is 43.8 Å². The summed E-state index contributed by atoms with van der Waals surface area (Å²) < 4.78 is 2.06. The van der Waals surface area contributed by atoms with E-state index in [-0.39, 0.29) is 6.04 Å². The van der Waals surface area contributed by atoms with Gasteiger partial charge in [-0.25, -0.2) is 0 Å². The van der Waals surface area contributed by atoms with Crippen molar-refractivity contribution in [2.45, 2.75) is 65.5 Å². The second-order valence-electron chi connectivity index (χ2n) is 6.22. The Labute approximate surface area is 111 Å². The lowest BCUT2D eigenvalue weighted by Gasteiger charge is -2.37. The van der Waals surface area contributed by atoms with E-state index in [1.807, 2.05) is 6.20 Å². The van der Waals surface area contributed by atoms with Crippen LogP contribution in [0, 0.1) is 11.3 Å². The Morgan fingerprint density at radius 3 is 2.61 bits per heavy atom. The van der Waals surface area contributed by atoms with E-state index < -0.39 is 0 Å². The van der Waals surface area contributed by atoms with Gasteiger partial charge in [0.1, 0.15) is 0 Å². The van der Waals surface area contributed by atoms with Crippen molar-refractivity contribution in [3.05, 3.63) is 18.0 Å². The van der Waals surface area contributed by atoms with Gasteiger partial charge in [0, 0.05) is 12.7 Å². The van der Waals surface area contributed by atoms with Crippen molar-refractivity contribution >= 4 is 0 Å². The molecule has 1 unspecified atom stereocenters. The summed E-state index contributed by atoms with van der Waals surface area (Å²) in [6.07, 6.45) is 8.35. The van der Waals surface area contributed by atoms with E-state index >= 15 is 0 Å². The molecule has 0 bridgehead atoms. The minimum Gasteiger partial charge on any atom is -0.322 e. The molecule has 18 heavy (non-hydrogen) atoms. The minimum absolute atomic E-state index is 0.143. The Morgan fingerprint density at radius 2 is 2.06 bits per heavy atom. The molecule has 0 spiro atoms. The van der Waals surface area contributed by atoms with Gasteiger partial charge in [0.15, 0.2) is 0 Å². The average molecular weight is 249 g/mol. The van der Waals surface area contributed by atoms with Crippen LogP contribution in [0.15, 0.2) is 12.3 Å². The average Bonchev–Trinajstić information content (AvgIpc) is 2.95. The molecule has 1 aromatic heterocycles. The van der Waals surface area contributed by atoms with Gasteiger partial charge < -0.3 is 5.73 Å². The summed E-state index contributed by atoms with van der Waals surface area (Å²) in [7, 11) is 0. The smallest absolute Gasteiger partial charge is 0.0556 e. The molecule has 3 heteroatoms. The molecular formula is C15H27N3. The predicted octanol–water partition coefficient (Wildman–Crippen LogP) is 3.51. The first-order valence-electron chi connectivity index (χ1n) is 7.36. The highest BCUT2D eigenvalue weighted by molar-refractivity contribution is 5.12. The van der Waals surface area contributed by atoms with Crippen molar-refractivity contribution in [2.75, 3.05) is 0 Å². The summed E-state index contributed by atoms with van der Waals surface area (Å²) in [6.45, 7) is 7.66. The summed E-state index contributed by atoms with van der Waals surface area (Å²) >= 11 is 0. The zero-order valence-corrected chi connectivity index (χ0v) is 12.0. The van der Waals surface area contributed by atoms with E-state index in [2.05, 4.69) is 36.6 Å². The summed E-state index contributed by atoms with van der Waals surface area (Å²) in [5.41, 5.74) is 8.17. The molecule has 3 nitrogen and oxygen atoms in total. The van der Waals surface area contributed by atoms with Crippen LogP contribution in [0.2, 0.25) is 0 Å². The first-order valence-corrected chi connectivity index (χ1v) is 7.36. The molecule has 0 amide bonds. The molecule has 0 aliphatic heterocycles. The van der Waals surface area contributed by atoms with E-state index in [0.29, 0.717) is 11.3 Å². The van der Waals surface area contributed by atoms with Gasteiger partial charge in [0.2, 0.25) is 0 Å². The molecule has 1 aliphatic rings. The highest BCUT2D eigenvalue weighted by Crippen LogP contribution is 2.50. The van der Waals surface area contributed by atoms with E-state index in [9.17, 15) is 0 Å². The third-order valence-electron chi connectivity index (χ3n) is 4.44. The fourth-order valence-electron chi connectivity index (χ4n) is 3.72. The SMILES string of the molecule is CCn1nccc1C(N)C1(CC(C)C)CCCC1. The van der Waals surface area contributed by atoms with Gasteiger partial charge in [-0.3, -0.25) is 4.68 Å². The number of rotatable bonds is 5. The number of aromatic nitrogens is 2. The fraction of sp³-hybridized carbons (Fsp3) is 0.800. The van der Waals surface area contributed by atoms with Crippen LogP contribution < -0.4 is 5.73 Å². The second kappa shape index (κ2) is 5.43. The van der Waals surface area contributed by atoms with E-state index in [1.54, 1.807) is 0 Å². The van der Waals surface area contributed by atoms with Crippen molar-refractivity contribution in [1.82, 2.24) is 9.78 Å². The third kappa shape index (κ3) is 2.46. The van der Waals surface area contributed by atoms with E-state index in [4.69, 9.17) is 5.73 Å². The Hall–Kier alpha value is -0.830. The monoisotopic (exact) mass is 249 g/mol. The zero-order valence-electron chi connectivity index (χ0n) is 12.0. The van der Waals surface area contributed by atoms with Crippen LogP contribution in [0.5, 0.6) is 0 Å². The zero-order chi connectivity index (χ0) is 13.2. The lowest BCUT2D eigenvalue weighted by atomic mass is 9.72. The predicted molar refractivity (Wildman–Crippen MR) is 75.2 cm³/mol. The van der Waals surface area contributed by atoms with E-state index in [0.717, 1.165) is 6.54 Å². The Morgan fingerprint density at radius 1 is 1.39 bits per heavy atom. The maximum atomic E-state index is 6.64. The van der Waals surface area contributed by atoms with Crippen LogP contribution >= 0.6 is 0 Å². The van der Waals surface area contributed by atoms with Gasteiger partial charge in [-0.05, 0) is 43.6 Å². The molecule has 2 N–H and O–H groups in total. The van der Waals surface area contributed by atoms with Crippen LogP contribution in [0.4, 0.5) is 0 Å². The van der Waals surface area contributed by atoms with Gasteiger partial charge in [0.05, 0.1) is 11.7 Å². The van der Waals surface area contributed by atoms with Crippen LogP contribution in [0.3, 0.4) is 0 Å². The van der Waals surface area contributed by atoms with Gasteiger partial charge in [0.25, 0.3) is 0 Å². The maximum absolute atomic E-state index is 6.64. The summed E-state index contributed by atoms with van der Waals surface area (Å²) in [4.78, 5) is 0. The van der Waals surface area contributed by atoms with Crippen molar-refractivity contribution in [2.24, 2.45) is 17.1 Å². The van der Waals surface area contributed by atoms with Crippen LogP contribution in [-0.4, -0.2) is 9.78 Å². The molecule has 1 atom stereocenters. The van der Waals surface area contributed by atoms with E-state index in [1.165, 1.54) is 37.8 Å². The molecular weight excluding hydrogens is 222 g/mol. The molecule has 0 radical (unpaired) electrons. The first-order chi connectivity index (χ1) is 8.59. The summed E-state index contributed by atoms with van der Waals surface area (Å²) in [5.74, 6) is 0.715. The van der Waals surface area contributed by atoms with Gasteiger partial charge in [-0.1, -0.05) is 26.7 Å². The normalized spacial score (nSPS) is 20.5. The molecule has 1 aliphatic carbocycles. The number of nitrogens with zero attached hydrogens (tertiary/aromatic N) is 2. The molecule has 1 fully saturated rings. The Bertz CT molecular complexity index is 375. The second-order valence-corrected chi connectivity index (χ2v) is 6.22. The van der Waals surface area contributed by atoms with Gasteiger partial charge in [-0.2, -0.15) is 5.10 Å². The minimum atomic E-state index is 0.143. The number of hydrogen-bond donors (Lipinski definition) is 1. The molecule has 1 aromatic rings. The highest BCUT2D eigenvalue weighted by Gasteiger charge is 2.41. The summed E-state index contributed by atoms with van der Waals surface area (Å²) in [6, 6.07) is 2.25. The van der Waals surface area contributed by atoms with Crippen molar-refractivity contribution < 1.29 is 0 Å². The Balaban J connectivity index is 2.25. The Kier molecular flexibility index (Phi) is 4.10. The van der Waals surface area contributed by atoms with Crippen molar-refractivity contribution in [3.8, 4) is 0 Å². The molecule has 1 saturated carbocycles. The lowest BCUT2D eigenvalue weighted by Crippen LogP contribution is -2.35. The van der Waals surface area contributed by atoms with Crippen molar-refractivity contribution in [1.29, 1.82) is 0 Å². The van der Waals surface area contributed by atoms with Gasteiger partial charge in [-0.15, -0.1) is 0 Å². The van der Waals surface area contributed by atoms with Crippen LogP contribution in [0.1, 0.15) is 64.6 Å². The quantitative estimate of drug-likeness (QED) is 0.868. The van der Waals surface area contributed by atoms with Crippen LogP contribution in [-0.2, 0) is 6.54 Å². The van der Waals surface area contributed by atoms with Gasteiger partial charge >= 0.3 is 0 Å². The number of hydrogen-bond acceptors (Lipinski definition) is 2.